The summed E-state index contributed by atoms with van der Waals surface area (Å²) >= 11 is 0. The van der Waals surface area contributed by atoms with Gasteiger partial charge in [0.2, 0.25) is 11.8 Å². The SMILES string of the molecule is CN(C)C(=O)C1CCN(C(=O)CCC2CCNC2)CC1. The molecule has 20 heavy (non-hydrogen) atoms. The molecular weight excluding hydrogens is 254 g/mol. The minimum atomic E-state index is 0.105. The monoisotopic (exact) mass is 281 g/mol. The van der Waals surface area contributed by atoms with Gasteiger partial charge in [0.15, 0.2) is 0 Å². The maximum absolute atomic E-state index is 12.2. The zero-order chi connectivity index (χ0) is 14.5. The first-order valence-corrected chi connectivity index (χ1v) is 7.77. The van der Waals surface area contributed by atoms with Crippen LogP contribution in [0.1, 0.15) is 32.1 Å². The summed E-state index contributed by atoms with van der Waals surface area (Å²) in [6.45, 7) is 3.64. The van der Waals surface area contributed by atoms with Crippen LogP contribution in [0.4, 0.5) is 0 Å². The minimum Gasteiger partial charge on any atom is -0.349 e. The number of amides is 2. The fraction of sp³-hybridized carbons (Fsp3) is 0.867. The zero-order valence-electron chi connectivity index (χ0n) is 12.7. The van der Waals surface area contributed by atoms with E-state index in [1.165, 1.54) is 6.42 Å². The molecule has 2 amide bonds. The molecule has 0 aromatic carbocycles. The molecular formula is C15H27N3O2. The van der Waals surface area contributed by atoms with E-state index in [2.05, 4.69) is 5.32 Å². The third kappa shape index (κ3) is 3.95. The van der Waals surface area contributed by atoms with Crippen LogP contribution in [-0.4, -0.2) is 61.9 Å². The molecule has 2 fully saturated rings. The zero-order valence-corrected chi connectivity index (χ0v) is 12.7. The first-order valence-electron chi connectivity index (χ1n) is 7.77. The Hall–Kier alpha value is -1.10. The minimum absolute atomic E-state index is 0.105. The number of rotatable bonds is 4. The molecule has 1 unspecified atom stereocenters. The molecule has 0 aliphatic carbocycles. The molecule has 0 aromatic heterocycles. The van der Waals surface area contributed by atoms with Gasteiger partial charge in [-0.15, -0.1) is 0 Å². The van der Waals surface area contributed by atoms with Crippen molar-refractivity contribution in [3.05, 3.63) is 0 Å². The highest BCUT2D eigenvalue weighted by molar-refractivity contribution is 5.79. The van der Waals surface area contributed by atoms with Gasteiger partial charge in [-0.3, -0.25) is 9.59 Å². The van der Waals surface area contributed by atoms with E-state index in [0.717, 1.165) is 45.4 Å². The summed E-state index contributed by atoms with van der Waals surface area (Å²) in [6, 6.07) is 0. The quantitative estimate of drug-likeness (QED) is 0.825. The standard InChI is InChI=1S/C15H27N3O2/c1-17(2)15(20)13-6-9-18(10-7-13)14(19)4-3-12-5-8-16-11-12/h12-13,16H,3-11H2,1-2H3. The first kappa shape index (κ1) is 15.3. The summed E-state index contributed by atoms with van der Waals surface area (Å²) in [5, 5.41) is 3.34. The van der Waals surface area contributed by atoms with Crippen molar-refractivity contribution in [2.24, 2.45) is 11.8 Å². The van der Waals surface area contributed by atoms with E-state index in [1.807, 2.05) is 4.90 Å². The number of hydrogen-bond acceptors (Lipinski definition) is 3. The summed E-state index contributed by atoms with van der Waals surface area (Å²) in [5.41, 5.74) is 0. The predicted octanol–water partition coefficient (Wildman–Crippen LogP) is 0.703. The Morgan fingerprint density at radius 2 is 1.90 bits per heavy atom. The molecule has 2 heterocycles. The number of carbonyl (C=O) groups is 2. The van der Waals surface area contributed by atoms with Gasteiger partial charge < -0.3 is 15.1 Å². The number of nitrogens with one attached hydrogen (secondary N) is 1. The maximum atomic E-state index is 12.2. The van der Waals surface area contributed by atoms with Crippen molar-refractivity contribution in [3.63, 3.8) is 0 Å². The van der Waals surface area contributed by atoms with E-state index in [9.17, 15) is 9.59 Å². The second-order valence-corrected chi connectivity index (χ2v) is 6.29. The highest BCUT2D eigenvalue weighted by atomic mass is 16.2. The Morgan fingerprint density at radius 1 is 1.20 bits per heavy atom. The number of hydrogen-bond donors (Lipinski definition) is 1. The van der Waals surface area contributed by atoms with Crippen molar-refractivity contribution in [2.45, 2.75) is 32.1 Å². The first-order chi connectivity index (χ1) is 9.58. The van der Waals surface area contributed by atoms with Crippen LogP contribution in [0.15, 0.2) is 0 Å². The van der Waals surface area contributed by atoms with E-state index in [1.54, 1.807) is 19.0 Å². The maximum Gasteiger partial charge on any atom is 0.225 e. The number of piperidine rings is 1. The molecule has 2 aliphatic heterocycles. The normalized spacial score (nSPS) is 23.9. The lowest BCUT2D eigenvalue weighted by molar-refractivity contribution is -0.139. The van der Waals surface area contributed by atoms with Crippen molar-refractivity contribution >= 4 is 11.8 Å². The van der Waals surface area contributed by atoms with Crippen LogP contribution in [0.5, 0.6) is 0 Å². The van der Waals surface area contributed by atoms with Gasteiger partial charge >= 0.3 is 0 Å². The highest BCUT2D eigenvalue weighted by Gasteiger charge is 2.28. The molecule has 0 aromatic rings. The molecule has 0 spiro atoms. The Balaban J connectivity index is 1.70. The van der Waals surface area contributed by atoms with E-state index < -0.39 is 0 Å². The largest absolute Gasteiger partial charge is 0.349 e. The number of likely N-dealkylation sites (tertiary alicyclic amines) is 1. The average Bonchev–Trinajstić information content (AvgIpc) is 2.97. The second kappa shape index (κ2) is 7.07. The molecule has 0 bridgehead atoms. The molecule has 114 valence electrons. The average molecular weight is 281 g/mol. The second-order valence-electron chi connectivity index (χ2n) is 6.29. The van der Waals surface area contributed by atoms with Crippen LogP contribution in [0.25, 0.3) is 0 Å². The van der Waals surface area contributed by atoms with Crippen LogP contribution < -0.4 is 5.32 Å². The lowest BCUT2D eigenvalue weighted by Gasteiger charge is -2.32. The number of nitrogens with zero attached hydrogens (tertiary/aromatic N) is 2. The van der Waals surface area contributed by atoms with Crippen LogP contribution >= 0.6 is 0 Å². The van der Waals surface area contributed by atoms with Gasteiger partial charge in [0.1, 0.15) is 0 Å². The molecule has 5 heteroatoms. The number of carbonyl (C=O) groups excluding carboxylic acids is 2. The molecule has 2 aliphatic rings. The molecule has 1 N–H and O–H groups in total. The van der Waals surface area contributed by atoms with Crippen LogP contribution in [0.2, 0.25) is 0 Å². The summed E-state index contributed by atoms with van der Waals surface area (Å²) in [4.78, 5) is 27.7. The smallest absolute Gasteiger partial charge is 0.225 e. The lowest BCUT2D eigenvalue weighted by atomic mass is 9.95. The van der Waals surface area contributed by atoms with E-state index in [0.29, 0.717) is 12.3 Å². The molecule has 2 rings (SSSR count). The fourth-order valence-electron chi connectivity index (χ4n) is 3.19. The van der Waals surface area contributed by atoms with Crippen molar-refractivity contribution in [1.82, 2.24) is 15.1 Å². The summed E-state index contributed by atoms with van der Waals surface area (Å²) in [7, 11) is 3.60. The fourth-order valence-corrected chi connectivity index (χ4v) is 3.19. The lowest BCUT2D eigenvalue weighted by Crippen LogP contribution is -2.42. The molecule has 1 atom stereocenters. The van der Waals surface area contributed by atoms with Crippen molar-refractivity contribution in [2.75, 3.05) is 40.3 Å². The third-order valence-electron chi connectivity index (χ3n) is 4.57. The molecule has 2 saturated heterocycles. The Bertz CT molecular complexity index is 343. The van der Waals surface area contributed by atoms with Gasteiger partial charge in [0, 0.05) is 39.5 Å². The summed E-state index contributed by atoms with van der Waals surface area (Å²) < 4.78 is 0. The van der Waals surface area contributed by atoms with Crippen molar-refractivity contribution in [1.29, 1.82) is 0 Å². The Morgan fingerprint density at radius 3 is 2.45 bits per heavy atom. The molecule has 0 radical (unpaired) electrons. The predicted molar refractivity (Wildman–Crippen MR) is 78.2 cm³/mol. The van der Waals surface area contributed by atoms with Crippen molar-refractivity contribution < 1.29 is 9.59 Å². The summed E-state index contributed by atoms with van der Waals surface area (Å²) in [5.74, 6) is 1.25. The van der Waals surface area contributed by atoms with Gasteiger partial charge in [-0.2, -0.15) is 0 Å². The van der Waals surface area contributed by atoms with Crippen LogP contribution in [-0.2, 0) is 9.59 Å². The van der Waals surface area contributed by atoms with Crippen LogP contribution in [0, 0.1) is 11.8 Å². The van der Waals surface area contributed by atoms with Gasteiger partial charge in [0.05, 0.1) is 0 Å². The highest BCUT2D eigenvalue weighted by Crippen LogP contribution is 2.21. The summed E-state index contributed by atoms with van der Waals surface area (Å²) in [6.07, 6.45) is 4.50. The Labute approximate surface area is 121 Å². The third-order valence-corrected chi connectivity index (χ3v) is 4.57. The van der Waals surface area contributed by atoms with E-state index in [-0.39, 0.29) is 17.7 Å². The van der Waals surface area contributed by atoms with Crippen molar-refractivity contribution in [3.8, 4) is 0 Å². The van der Waals surface area contributed by atoms with Gasteiger partial charge in [-0.1, -0.05) is 0 Å². The van der Waals surface area contributed by atoms with E-state index in [4.69, 9.17) is 0 Å². The van der Waals surface area contributed by atoms with Crippen LogP contribution in [0.3, 0.4) is 0 Å². The van der Waals surface area contributed by atoms with Gasteiger partial charge in [0.25, 0.3) is 0 Å². The van der Waals surface area contributed by atoms with Gasteiger partial charge in [-0.05, 0) is 44.7 Å². The van der Waals surface area contributed by atoms with E-state index >= 15 is 0 Å². The molecule has 5 nitrogen and oxygen atoms in total. The van der Waals surface area contributed by atoms with Gasteiger partial charge in [-0.25, -0.2) is 0 Å². The molecule has 0 saturated carbocycles. The Kier molecular flexibility index (Phi) is 5.40. The topological polar surface area (TPSA) is 52.7 Å².